The van der Waals surface area contributed by atoms with Crippen LogP contribution in [0.3, 0.4) is 0 Å². The van der Waals surface area contributed by atoms with Crippen molar-refractivity contribution in [2.45, 2.75) is 44.1 Å². The first-order chi connectivity index (χ1) is 7.20. The molecular formula is C9H13F6N. The third-order valence-corrected chi connectivity index (χ3v) is 2.74. The van der Waals surface area contributed by atoms with Crippen LogP contribution in [-0.4, -0.2) is 24.9 Å². The van der Waals surface area contributed by atoms with Gasteiger partial charge in [0.05, 0.1) is 5.92 Å². The van der Waals surface area contributed by atoms with Crippen LogP contribution in [0, 0.1) is 5.92 Å². The lowest BCUT2D eigenvalue weighted by atomic mass is 9.87. The quantitative estimate of drug-likeness (QED) is 0.741. The standard InChI is InChI=1S/C9H13F6N/c10-8(11,12)4-3-7-6(9(13,14)15)2-1-5-16-7/h6-7,16H,1-5H2. The van der Waals surface area contributed by atoms with Gasteiger partial charge in [0.15, 0.2) is 0 Å². The lowest BCUT2D eigenvalue weighted by Crippen LogP contribution is -2.48. The highest BCUT2D eigenvalue weighted by atomic mass is 19.4. The molecule has 16 heavy (non-hydrogen) atoms. The Morgan fingerprint density at radius 1 is 1.06 bits per heavy atom. The van der Waals surface area contributed by atoms with Gasteiger partial charge in [-0.15, -0.1) is 0 Å². The van der Waals surface area contributed by atoms with E-state index >= 15 is 0 Å². The predicted octanol–water partition coefficient (Wildman–Crippen LogP) is 3.26. The Morgan fingerprint density at radius 3 is 2.19 bits per heavy atom. The zero-order chi connectivity index (χ0) is 12.4. The van der Waals surface area contributed by atoms with E-state index in [9.17, 15) is 26.3 Å². The molecule has 0 aromatic rings. The molecule has 2 atom stereocenters. The van der Waals surface area contributed by atoms with E-state index in [1.807, 2.05) is 0 Å². The van der Waals surface area contributed by atoms with E-state index in [2.05, 4.69) is 5.32 Å². The number of alkyl halides is 6. The second-order valence-corrected chi connectivity index (χ2v) is 4.00. The summed E-state index contributed by atoms with van der Waals surface area (Å²) in [6, 6.07) is -1.10. The van der Waals surface area contributed by atoms with Crippen LogP contribution in [0.2, 0.25) is 0 Å². The van der Waals surface area contributed by atoms with Crippen molar-refractivity contribution in [1.29, 1.82) is 0 Å². The molecule has 0 radical (unpaired) electrons. The number of halogens is 6. The fourth-order valence-corrected chi connectivity index (χ4v) is 1.97. The lowest BCUT2D eigenvalue weighted by Gasteiger charge is -2.34. The number of rotatable bonds is 2. The van der Waals surface area contributed by atoms with Gasteiger partial charge in [-0.25, -0.2) is 0 Å². The topological polar surface area (TPSA) is 12.0 Å². The van der Waals surface area contributed by atoms with Crippen LogP contribution in [0.25, 0.3) is 0 Å². The first-order valence-corrected chi connectivity index (χ1v) is 5.07. The molecule has 1 fully saturated rings. The third-order valence-electron chi connectivity index (χ3n) is 2.74. The number of hydrogen-bond donors (Lipinski definition) is 1. The maximum atomic E-state index is 12.5. The van der Waals surface area contributed by atoms with Gasteiger partial charge in [-0.2, -0.15) is 26.3 Å². The second kappa shape index (κ2) is 4.81. The molecule has 96 valence electrons. The number of piperidine rings is 1. The molecule has 0 aromatic carbocycles. The molecule has 0 aromatic heterocycles. The van der Waals surface area contributed by atoms with Gasteiger partial charge in [-0.1, -0.05) is 0 Å². The number of hydrogen-bond acceptors (Lipinski definition) is 1. The van der Waals surface area contributed by atoms with Crippen molar-refractivity contribution < 1.29 is 26.3 Å². The van der Waals surface area contributed by atoms with Crippen molar-refractivity contribution in [3.8, 4) is 0 Å². The Balaban J connectivity index is 2.54. The minimum Gasteiger partial charge on any atom is -0.313 e. The molecule has 0 spiro atoms. The highest BCUT2D eigenvalue weighted by Gasteiger charge is 2.46. The Bertz CT molecular complexity index is 221. The highest BCUT2D eigenvalue weighted by Crippen LogP contribution is 2.37. The van der Waals surface area contributed by atoms with Crippen LogP contribution in [0.15, 0.2) is 0 Å². The molecule has 1 saturated heterocycles. The SMILES string of the molecule is FC(F)(F)CCC1NCCCC1C(F)(F)F. The van der Waals surface area contributed by atoms with Crippen molar-refractivity contribution in [3.63, 3.8) is 0 Å². The van der Waals surface area contributed by atoms with Crippen LogP contribution in [0.4, 0.5) is 26.3 Å². The smallest absolute Gasteiger partial charge is 0.313 e. The fraction of sp³-hybridized carbons (Fsp3) is 1.00. The summed E-state index contributed by atoms with van der Waals surface area (Å²) in [6.07, 6.45) is -10.2. The first-order valence-electron chi connectivity index (χ1n) is 5.07. The lowest BCUT2D eigenvalue weighted by molar-refractivity contribution is -0.193. The fourth-order valence-electron chi connectivity index (χ4n) is 1.97. The van der Waals surface area contributed by atoms with Crippen molar-refractivity contribution in [2.75, 3.05) is 6.54 Å². The molecular weight excluding hydrogens is 236 g/mol. The molecule has 2 unspecified atom stereocenters. The molecule has 1 aliphatic heterocycles. The minimum atomic E-state index is -4.41. The monoisotopic (exact) mass is 249 g/mol. The van der Waals surface area contributed by atoms with Crippen molar-refractivity contribution in [3.05, 3.63) is 0 Å². The summed E-state index contributed by atoms with van der Waals surface area (Å²) in [7, 11) is 0. The molecule has 1 N–H and O–H groups in total. The van der Waals surface area contributed by atoms with Gasteiger partial charge in [0.25, 0.3) is 0 Å². The summed E-state index contributed by atoms with van der Waals surface area (Å²) in [5, 5.41) is 2.53. The molecule has 1 heterocycles. The molecule has 1 aliphatic rings. The summed E-state index contributed by atoms with van der Waals surface area (Å²) in [5.41, 5.74) is 0. The molecule has 0 aliphatic carbocycles. The van der Waals surface area contributed by atoms with Gasteiger partial charge in [0.2, 0.25) is 0 Å². The van der Waals surface area contributed by atoms with E-state index in [1.54, 1.807) is 0 Å². The summed E-state index contributed by atoms with van der Waals surface area (Å²) in [5.74, 6) is -1.65. The zero-order valence-corrected chi connectivity index (χ0v) is 8.46. The van der Waals surface area contributed by atoms with Crippen molar-refractivity contribution in [1.82, 2.24) is 5.32 Å². The Hall–Kier alpha value is -0.460. The number of nitrogens with one attached hydrogen (secondary N) is 1. The van der Waals surface area contributed by atoms with Crippen molar-refractivity contribution in [2.24, 2.45) is 5.92 Å². The maximum Gasteiger partial charge on any atom is 0.393 e. The Morgan fingerprint density at radius 2 is 1.69 bits per heavy atom. The van der Waals surface area contributed by atoms with E-state index in [4.69, 9.17) is 0 Å². The average molecular weight is 249 g/mol. The van der Waals surface area contributed by atoms with E-state index in [1.165, 1.54) is 0 Å². The van der Waals surface area contributed by atoms with E-state index in [-0.39, 0.29) is 6.42 Å². The van der Waals surface area contributed by atoms with E-state index < -0.39 is 37.2 Å². The van der Waals surface area contributed by atoms with Gasteiger partial charge in [0, 0.05) is 12.5 Å². The zero-order valence-electron chi connectivity index (χ0n) is 8.46. The Labute approximate surface area is 89.2 Å². The molecule has 7 heteroatoms. The van der Waals surface area contributed by atoms with Gasteiger partial charge in [-0.3, -0.25) is 0 Å². The molecule has 1 nitrogen and oxygen atoms in total. The first kappa shape index (κ1) is 13.6. The molecule has 0 amide bonds. The summed E-state index contributed by atoms with van der Waals surface area (Å²) >= 11 is 0. The third kappa shape index (κ3) is 4.19. The highest BCUT2D eigenvalue weighted by molar-refractivity contribution is 4.86. The van der Waals surface area contributed by atoms with Gasteiger partial charge >= 0.3 is 12.4 Å². The second-order valence-electron chi connectivity index (χ2n) is 4.00. The minimum absolute atomic E-state index is 0.0843. The van der Waals surface area contributed by atoms with E-state index in [0.717, 1.165) is 0 Å². The van der Waals surface area contributed by atoms with Crippen LogP contribution < -0.4 is 5.32 Å². The Kier molecular flexibility index (Phi) is 4.09. The van der Waals surface area contributed by atoms with Crippen LogP contribution >= 0.6 is 0 Å². The molecule has 1 rings (SSSR count). The summed E-state index contributed by atoms with van der Waals surface area (Å²) < 4.78 is 73.2. The van der Waals surface area contributed by atoms with Gasteiger partial charge < -0.3 is 5.32 Å². The maximum absolute atomic E-state index is 12.5. The van der Waals surface area contributed by atoms with Crippen LogP contribution in [0.1, 0.15) is 25.7 Å². The predicted molar refractivity (Wildman–Crippen MR) is 45.9 cm³/mol. The normalized spacial score (nSPS) is 28.1. The average Bonchev–Trinajstić information content (AvgIpc) is 2.12. The van der Waals surface area contributed by atoms with Gasteiger partial charge in [0.1, 0.15) is 0 Å². The van der Waals surface area contributed by atoms with E-state index in [0.29, 0.717) is 13.0 Å². The van der Waals surface area contributed by atoms with Crippen LogP contribution in [-0.2, 0) is 0 Å². The summed E-state index contributed by atoms with van der Waals surface area (Å²) in [4.78, 5) is 0. The molecule has 0 bridgehead atoms. The largest absolute Gasteiger partial charge is 0.393 e. The van der Waals surface area contributed by atoms with Gasteiger partial charge in [-0.05, 0) is 25.8 Å². The summed E-state index contributed by atoms with van der Waals surface area (Å²) in [6.45, 7) is 0.356. The van der Waals surface area contributed by atoms with Crippen molar-refractivity contribution >= 4 is 0 Å². The van der Waals surface area contributed by atoms with Crippen LogP contribution in [0.5, 0.6) is 0 Å². The molecule has 0 saturated carbocycles.